The van der Waals surface area contributed by atoms with Crippen molar-refractivity contribution in [2.75, 3.05) is 18.0 Å². The first-order chi connectivity index (χ1) is 11.5. The largest absolute Gasteiger partial charge is 0.344 e. The van der Waals surface area contributed by atoms with Crippen LogP contribution in [0.15, 0.2) is 18.2 Å². The fraction of sp³-hybridized carbons (Fsp3) is 0.529. The first-order valence-electron chi connectivity index (χ1n) is 8.26. The van der Waals surface area contributed by atoms with Crippen LogP contribution in [0.25, 0.3) is 0 Å². The summed E-state index contributed by atoms with van der Waals surface area (Å²) >= 11 is 5.68. The minimum absolute atomic E-state index is 0. The molecule has 1 aromatic carbocycles. The van der Waals surface area contributed by atoms with E-state index in [-0.39, 0.29) is 35.2 Å². The van der Waals surface area contributed by atoms with Crippen molar-refractivity contribution in [3.63, 3.8) is 0 Å². The smallest absolute Gasteiger partial charge is 0.249 e. The highest BCUT2D eigenvalue weighted by Gasteiger charge is 2.35. The van der Waals surface area contributed by atoms with Crippen LogP contribution in [0.3, 0.4) is 0 Å². The molecule has 2 amide bonds. The molecule has 2 heterocycles. The molecule has 0 saturated carbocycles. The van der Waals surface area contributed by atoms with Crippen LogP contribution in [-0.4, -0.2) is 37.0 Å². The molecule has 8 heteroatoms. The molecule has 0 aliphatic carbocycles. The van der Waals surface area contributed by atoms with Crippen molar-refractivity contribution >= 4 is 41.5 Å². The van der Waals surface area contributed by atoms with E-state index in [4.69, 9.17) is 11.6 Å². The minimum Gasteiger partial charge on any atom is -0.344 e. The number of halogens is 3. The zero-order chi connectivity index (χ0) is 17.3. The van der Waals surface area contributed by atoms with Crippen molar-refractivity contribution < 1.29 is 14.0 Å². The maximum atomic E-state index is 13.6. The van der Waals surface area contributed by atoms with E-state index < -0.39 is 11.9 Å². The molecule has 0 aromatic heterocycles. The Balaban J connectivity index is 0.00000225. The van der Waals surface area contributed by atoms with Crippen LogP contribution in [0.2, 0.25) is 5.02 Å². The lowest BCUT2D eigenvalue weighted by molar-refractivity contribution is -0.130. The van der Waals surface area contributed by atoms with Gasteiger partial charge in [0.25, 0.3) is 0 Å². The summed E-state index contributed by atoms with van der Waals surface area (Å²) < 4.78 is 13.6. The number of nitrogens with zero attached hydrogens (tertiary/aromatic N) is 1. The number of piperidine rings is 1. The molecular weight excluding hydrogens is 368 g/mol. The summed E-state index contributed by atoms with van der Waals surface area (Å²) in [6.45, 7) is 3.32. The van der Waals surface area contributed by atoms with Gasteiger partial charge in [-0.3, -0.25) is 9.59 Å². The van der Waals surface area contributed by atoms with Crippen molar-refractivity contribution in [1.82, 2.24) is 10.6 Å². The van der Waals surface area contributed by atoms with Gasteiger partial charge < -0.3 is 15.5 Å². The Morgan fingerprint density at radius 2 is 2.16 bits per heavy atom. The van der Waals surface area contributed by atoms with Crippen molar-refractivity contribution in [3.8, 4) is 0 Å². The molecule has 0 bridgehead atoms. The van der Waals surface area contributed by atoms with E-state index >= 15 is 0 Å². The Morgan fingerprint density at radius 3 is 2.84 bits per heavy atom. The molecule has 3 rings (SSSR count). The molecule has 2 aliphatic rings. The minimum atomic E-state index is -0.557. The average Bonchev–Trinajstić information content (AvgIpc) is 2.91. The molecule has 1 aromatic rings. The summed E-state index contributed by atoms with van der Waals surface area (Å²) in [6.07, 6.45) is 2.08. The zero-order valence-electron chi connectivity index (χ0n) is 13.9. The third-order valence-corrected chi connectivity index (χ3v) is 5.04. The van der Waals surface area contributed by atoms with Gasteiger partial charge in [-0.25, -0.2) is 4.39 Å². The normalized spacial score (nSPS) is 26.3. The lowest BCUT2D eigenvalue weighted by atomic mass is 9.92. The van der Waals surface area contributed by atoms with E-state index in [2.05, 4.69) is 17.6 Å². The van der Waals surface area contributed by atoms with Crippen molar-refractivity contribution in [1.29, 1.82) is 0 Å². The summed E-state index contributed by atoms with van der Waals surface area (Å²) in [5.74, 6) is -0.882. The first-order valence-corrected chi connectivity index (χ1v) is 8.63. The standard InChI is InChI=1S/C17H21ClFN3O2.ClH/c1-10-8-11(4-6-20-10)16(23)21-15-5-7-22(17(15)24)12-2-3-13(18)14(19)9-12;/h2-3,9-11,15,20H,4-8H2,1H3,(H,21,23);1H/t10-,11-,15?;/m0./s1. The summed E-state index contributed by atoms with van der Waals surface area (Å²) in [4.78, 5) is 26.4. The topological polar surface area (TPSA) is 61.4 Å². The highest BCUT2D eigenvalue weighted by molar-refractivity contribution is 6.30. The molecule has 138 valence electrons. The van der Waals surface area contributed by atoms with Crippen LogP contribution < -0.4 is 15.5 Å². The third kappa shape index (κ3) is 4.43. The van der Waals surface area contributed by atoms with E-state index in [0.29, 0.717) is 24.7 Å². The Kier molecular flexibility index (Phi) is 6.65. The summed E-state index contributed by atoms with van der Waals surface area (Å²) in [7, 11) is 0. The third-order valence-electron chi connectivity index (χ3n) is 4.73. The van der Waals surface area contributed by atoms with Crippen molar-refractivity contribution in [3.05, 3.63) is 29.0 Å². The Labute approximate surface area is 157 Å². The van der Waals surface area contributed by atoms with Gasteiger partial charge >= 0.3 is 0 Å². The van der Waals surface area contributed by atoms with Gasteiger partial charge in [-0.15, -0.1) is 12.4 Å². The van der Waals surface area contributed by atoms with E-state index in [1.165, 1.54) is 17.0 Å². The maximum Gasteiger partial charge on any atom is 0.249 e. The monoisotopic (exact) mass is 389 g/mol. The van der Waals surface area contributed by atoms with Crippen molar-refractivity contribution in [2.45, 2.75) is 38.3 Å². The van der Waals surface area contributed by atoms with Crippen LogP contribution in [0.5, 0.6) is 0 Å². The SMILES string of the molecule is C[C@H]1C[C@@H](C(=O)NC2CCN(c3ccc(Cl)c(F)c3)C2=O)CCN1.Cl. The number of hydrogen-bond acceptors (Lipinski definition) is 3. The van der Waals surface area contributed by atoms with Gasteiger partial charge in [0.05, 0.1) is 5.02 Å². The molecule has 0 spiro atoms. The average molecular weight is 390 g/mol. The van der Waals surface area contributed by atoms with Crippen LogP contribution >= 0.6 is 24.0 Å². The van der Waals surface area contributed by atoms with Gasteiger partial charge in [0.1, 0.15) is 11.9 Å². The summed E-state index contributed by atoms with van der Waals surface area (Å²) in [5.41, 5.74) is 0.467. The molecule has 3 atom stereocenters. The van der Waals surface area contributed by atoms with Crippen molar-refractivity contribution in [2.24, 2.45) is 5.92 Å². The number of rotatable bonds is 3. The van der Waals surface area contributed by atoms with Gasteiger partial charge in [-0.2, -0.15) is 0 Å². The second kappa shape index (κ2) is 8.34. The molecule has 2 aliphatic heterocycles. The molecule has 0 radical (unpaired) electrons. The van der Waals surface area contributed by atoms with Crippen LogP contribution in [0.1, 0.15) is 26.2 Å². The molecule has 2 fully saturated rings. The Hall–Kier alpha value is -1.37. The quantitative estimate of drug-likeness (QED) is 0.834. The predicted octanol–water partition coefficient (Wildman–Crippen LogP) is 2.51. The summed E-state index contributed by atoms with van der Waals surface area (Å²) in [6, 6.07) is 4.06. The number of anilines is 1. The number of benzene rings is 1. The number of carbonyl (C=O) groups excluding carboxylic acids is 2. The molecular formula is C17H22Cl2FN3O2. The number of nitrogens with one attached hydrogen (secondary N) is 2. The number of carbonyl (C=O) groups is 2. The van der Waals surface area contributed by atoms with Crippen LogP contribution in [0, 0.1) is 11.7 Å². The fourth-order valence-corrected chi connectivity index (χ4v) is 3.50. The van der Waals surface area contributed by atoms with Gasteiger partial charge in [0, 0.05) is 24.2 Å². The molecule has 2 N–H and O–H groups in total. The molecule has 1 unspecified atom stereocenters. The number of amides is 2. The molecule has 2 saturated heterocycles. The van der Waals surface area contributed by atoms with E-state index in [1.807, 2.05) is 0 Å². The predicted molar refractivity (Wildman–Crippen MR) is 97.7 cm³/mol. The summed E-state index contributed by atoms with van der Waals surface area (Å²) in [5, 5.41) is 6.20. The van der Waals surface area contributed by atoms with Gasteiger partial charge in [0.15, 0.2) is 0 Å². The van der Waals surface area contributed by atoms with E-state index in [9.17, 15) is 14.0 Å². The van der Waals surface area contributed by atoms with Crippen LogP contribution in [0.4, 0.5) is 10.1 Å². The van der Waals surface area contributed by atoms with Gasteiger partial charge in [0.2, 0.25) is 11.8 Å². The molecule has 5 nitrogen and oxygen atoms in total. The second-order valence-electron chi connectivity index (χ2n) is 6.51. The first kappa shape index (κ1) is 19.9. The lowest BCUT2D eigenvalue weighted by Crippen LogP contribution is -2.47. The number of hydrogen-bond donors (Lipinski definition) is 2. The van der Waals surface area contributed by atoms with Gasteiger partial charge in [-0.05, 0) is 50.9 Å². The molecule has 25 heavy (non-hydrogen) atoms. The van der Waals surface area contributed by atoms with E-state index in [0.717, 1.165) is 19.4 Å². The van der Waals surface area contributed by atoms with Crippen LogP contribution in [-0.2, 0) is 9.59 Å². The Bertz CT molecular complexity index is 659. The second-order valence-corrected chi connectivity index (χ2v) is 6.92. The lowest BCUT2D eigenvalue weighted by Gasteiger charge is -2.28. The Morgan fingerprint density at radius 1 is 1.40 bits per heavy atom. The fourth-order valence-electron chi connectivity index (χ4n) is 3.38. The highest BCUT2D eigenvalue weighted by atomic mass is 35.5. The van der Waals surface area contributed by atoms with E-state index in [1.54, 1.807) is 6.07 Å². The zero-order valence-corrected chi connectivity index (χ0v) is 15.5. The van der Waals surface area contributed by atoms with Gasteiger partial charge in [-0.1, -0.05) is 11.6 Å². The highest BCUT2D eigenvalue weighted by Crippen LogP contribution is 2.26. The maximum absolute atomic E-state index is 13.6.